The molecule has 94 valence electrons. The number of ether oxygens (including phenoxy) is 2. The Bertz CT molecular complexity index is 530. The zero-order valence-electron chi connectivity index (χ0n) is 10.2. The Labute approximate surface area is 104 Å². The summed E-state index contributed by atoms with van der Waals surface area (Å²) in [6.45, 7) is 1.92. The molecule has 0 aliphatic rings. The lowest BCUT2D eigenvalue weighted by Gasteiger charge is -2.03. The summed E-state index contributed by atoms with van der Waals surface area (Å²) in [4.78, 5) is 15.6. The molecule has 0 radical (unpaired) electrons. The van der Waals surface area contributed by atoms with Gasteiger partial charge in [-0.2, -0.15) is 0 Å². The normalized spacial score (nSPS) is 10.1. The van der Waals surface area contributed by atoms with Crippen LogP contribution in [0.2, 0.25) is 0 Å². The first-order valence-electron chi connectivity index (χ1n) is 5.41. The molecule has 0 fully saturated rings. The van der Waals surface area contributed by atoms with Crippen molar-refractivity contribution in [1.29, 1.82) is 0 Å². The fourth-order valence-electron chi connectivity index (χ4n) is 1.38. The van der Waals surface area contributed by atoms with E-state index in [4.69, 9.17) is 13.9 Å². The highest BCUT2D eigenvalue weighted by Gasteiger charge is 2.11. The van der Waals surface area contributed by atoms with Gasteiger partial charge in [0.15, 0.2) is 0 Å². The molecule has 0 atom stereocenters. The van der Waals surface area contributed by atoms with Gasteiger partial charge in [-0.05, 0) is 25.1 Å². The zero-order valence-corrected chi connectivity index (χ0v) is 10.2. The third kappa shape index (κ3) is 2.88. The number of rotatable bonds is 4. The first kappa shape index (κ1) is 12.2. The van der Waals surface area contributed by atoms with Crippen LogP contribution < -0.4 is 4.74 Å². The van der Waals surface area contributed by atoms with Crippen LogP contribution in [-0.4, -0.2) is 18.1 Å². The van der Waals surface area contributed by atoms with Crippen LogP contribution in [0, 0.1) is 6.92 Å². The summed E-state index contributed by atoms with van der Waals surface area (Å²) in [6, 6.07) is 6.79. The number of pyridine rings is 1. The molecule has 2 rings (SSSR count). The van der Waals surface area contributed by atoms with Crippen molar-refractivity contribution in [2.45, 2.75) is 13.5 Å². The van der Waals surface area contributed by atoms with E-state index in [0.29, 0.717) is 11.6 Å². The maximum absolute atomic E-state index is 11.6. The van der Waals surface area contributed by atoms with E-state index in [1.54, 1.807) is 44.5 Å². The number of hydrogen-bond acceptors (Lipinski definition) is 5. The Morgan fingerprint density at radius 3 is 2.72 bits per heavy atom. The van der Waals surface area contributed by atoms with Gasteiger partial charge >= 0.3 is 5.97 Å². The Morgan fingerprint density at radius 1 is 1.33 bits per heavy atom. The van der Waals surface area contributed by atoms with Crippen LogP contribution in [0.3, 0.4) is 0 Å². The molecule has 2 aromatic rings. The second-order valence-electron chi connectivity index (χ2n) is 3.70. The second kappa shape index (κ2) is 5.35. The van der Waals surface area contributed by atoms with Gasteiger partial charge in [-0.1, -0.05) is 0 Å². The summed E-state index contributed by atoms with van der Waals surface area (Å²) in [5.41, 5.74) is 0.785. The van der Waals surface area contributed by atoms with E-state index in [1.807, 2.05) is 0 Å². The largest absolute Gasteiger partial charge is 0.481 e. The molecule has 0 aromatic carbocycles. The van der Waals surface area contributed by atoms with Crippen molar-refractivity contribution in [1.82, 2.24) is 4.98 Å². The van der Waals surface area contributed by atoms with Gasteiger partial charge in [0.1, 0.15) is 12.4 Å². The first-order chi connectivity index (χ1) is 8.69. The van der Waals surface area contributed by atoms with Gasteiger partial charge in [-0.3, -0.25) is 0 Å². The molecule has 0 N–H and O–H groups in total. The molecular weight excluding hydrogens is 234 g/mol. The summed E-state index contributed by atoms with van der Waals surface area (Å²) >= 11 is 0. The van der Waals surface area contributed by atoms with Crippen LogP contribution in [0.25, 0.3) is 0 Å². The van der Waals surface area contributed by atoms with E-state index in [9.17, 15) is 4.79 Å². The molecule has 0 bridgehead atoms. The van der Waals surface area contributed by atoms with Crippen molar-refractivity contribution in [2.24, 2.45) is 0 Å². The van der Waals surface area contributed by atoms with E-state index in [1.165, 1.54) is 0 Å². The zero-order chi connectivity index (χ0) is 13.0. The number of furan rings is 1. The third-order valence-electron chi connectivity index (χ3n) is 2.32. The van der Waals surface area contributed by atoms with Gasteiger partial charge in [0.25, 0.3) is 0 Å². The standard InChI is InChI=1S/C13H13NO4/c1-9-3-5-11(18-9)13(15)17-8-10-4-6-12(16-2)14-7-10/h3-7H,8H2,1-2H3. The molecular formula is C13H13NO4. The monoisotopic (exact) mass is 247 g/mol. The van der Waals surface area contributed by atoms with Crippen molar-refractivity contribution < 1.29 is 18.7 Å². The molecule has 0 aliphatic carbocycles. The summed E-state index contributed by atoms with van der Waals surface area (Å²) in [5, 5.41) is 0. The molecule has 2 heterocycles. The molecule has 0 spiro atoms. The maximum atomic E-state index is 11.6. The van der Waals surface area contributed by atoms with E-state index in [0.717, 1.165) is 5.56 Å². The van der Waals surface area contributed by atoms with Crippen LogP contribution in [0.4, 0.5) is 0 Å². The Balaban J connectivity index is 1.92. The van der Waals surface area contributed by atoms with Crippen LogP contribution >= 0.6 is 0 Å². The molecule has 5 nitrogen and oxygen atoms in total. The number of carbonyl (C=O) groups excluding carboxylic acids is 1. The predicted octanol–water partition coefficient (Wildman–Crippen LogP) is 2.35. The van der Waals surface area contributed by atoms with Crippen LogP contribution in [0.5, 0.6) is 5.88 Å². The first-order valence-corrected chi connectivity index (χ1v) is 5.41. The van der Waals surface area contributed by atoms with Gasteiger partial charge in [-0.15, -0.1) is 0 Å². The molecule has 0 saturated heterocycles. The lowest BCUT2D eigenvalue weighted by molar-refractivity contribution is 0.0434. The van der Waals surface area contributed by atoms with Gasteiger partial charge < -0.3 is 13.9 Å². The molecule has 0 saturated carbocycles. The Hall–Kier alpha value is -2.30. The number of nitrogens with zero attached hydrogens (tertiary/aromatic N) is 1. The van der Waals surface area contributed by atoms with Crippen LogP contribution in [0.15, 0.2) is 34.9 Å². The summed E-state index contributed by atoms with van der Waals surface area (Å²) < 4.78 is 15.2. The van der Waals surface area contributed by atoms with Gasteiger partial charge in [-0.25, -0.2) is 9.78 Å². The van der Waals surface area contributed by atoms with Crippen LogP contribution in [-0.2, 0) is 11.3 Å². The molecule has 0 unspecified atom stereocenters. The van der Waals surface area contributed by atoms with E-state index >= 15 is 0 Å². The molecule has 0 aliphatic heterocycles. The number of aromatic nitrogens is 1. The number of methoxy groups -OCH3 is 1. The lowest BCUT2D eigenvalue weighted by atomic mass is 10.3. The van der Waals surface area contributed by atoms with Gasteiger partial charge in [0.2, 0.25) is 11.6 Å². The third-order valence-corrected chi connectivity index (χ3v) is 2.32. The predicted molar refractivity (Wildman–Crippen MR) is 63.4 cm³/mol. The molecule has 0 amide bonds. The SMILES string of the molecule is COc1ccc(COC(=O)c2ccc(C)o2)cn1. The fourth-order valence-corrected chi connectivity index (χ4v) is 1.38. The minimum absolute atomic E-state index is 0.148. The number of aryl methyl sites for hydroxylation is 1. The van der Waals surface area contributed by atoms with Crippen molar-refractivity contribution >= 4 is 5.97 Å². The number of esters is 1. The average molecular weight is 247 g/mol. The smallest absolute Gasteiger partial charge is 0.374 e. The minimum Gasteiger partial charge on any atom is -0.481 e. The van der Waals surface area contributed by atoms with Crippen molar-refractivity contribution in [3.05, 3.63) is 47.5 Å². The summed E-state index contributed by atoms with van der Waals surface area (Å²) in [6.07, 6.45) is 1.60. The number of carbonyl (C=O) groups is 1. The molecule has 2 aromatic heterocycles. The fraction of sp³-hybridized carbons (Fsp3) is 0.231. The van der Waals surface area contributed by atoms with E-state index < -0.39 is 5.97 Å². The quantitative estimate of drug-likeness (QED) is 0.776. The van der Waals surface area contributed by atoms with E-state index in [2.05, 4.69) is 4.98 Å². The average Bonchev–Trinajstić information content (AvgIpc) is 2.83. The number of hydrogen-bond donors (Lipinski definition) is 0. The van der Waals surface area contributed by atoms with Crippen LogP contribution in [0.1, 0.15) is 21.9 Å². The van der Waals surface area contributed by atoms with Crippen molar-refractivity contribution in [2.75, 3.05) is 7.11 Å². The molecule has 18 heavy (non-hydrogen) atoms. The Kier molecular flexibility index (Phi) is 3.62. The maximum Gasteiger partial charge on any atom is 0.374 e. The summed E-state index contributed by atoms with van der Waals surface area (Å²) in [5.74, 6) is 0.910. The minimum atomic E-state index is -0.487. The summed E-state index contributed by atoms with van der Waals surface area (Å²) in [7, 11) is 1.54. The van der Waals surface area contributed by atoms with Crippen molar-refractivity contribution in [3.8, 4) is 5.88 Å². The topological polar surface area (TPSA) is 61.6 Å². The van der Waals surface area contributed by atoms with Crippen molar-refractivity contribution in [3.63, 3.8) is 0 Å². The van der Waals surface area contributed by atoms with Gasteiger partial charge in [0.05, 0.1) is 7.11 Å². The highest BCUT2D eigenvalue weighted by Crippen LogP contribution is 2.11. The highest BCUT2D eigenvalue weighted by molar-refractivity contribution is 5.86. The highest BCUT2D eigenvalue weighted by atomic mass is 16.5. The Morgan fingerprint density at radius 2 is 2.17 bits per heavy atom. The van der Waals surface area contributed by atoms with Gasteiger partial charge in [0, 0.05) is 17.8 Å². The second-order valence-corrected chi connectivity index (χ2v) is 3.70. The van der Waals surface area contributed by atoms with E-state index in [-0.39, 0.29) is 12.4 Å². The lowest BCUT2D eigenvalue weighted by Crippen LogP contribution is -2.04. The molecule has 5 heteroatoms.